The number of likely N-dealkylation sites (tertiary alicyclic amines) is 1. The van der Waals surface area contributed by atoms with Gasteiger partial charge in [0.1, 0.15) is 24.0 Å². The molecule has 0 bridgehead atoms. The number of piperidine rings is 1. The maximum absolute atomic E-state index is 6.80. The van der Waals surface area contributed by atoms with E-state index in [2.05, 4.69) is 48.5 Å². The van der Waals surface area contributed by atoms with Gasteiger partial charge in [-0.25, -0.2) is 15.0 Å². The molecule has 0 aliphatic carbocycles. The van der Waals surface area contributed by atoms with Crippen LogP contribution in [0.25, 0.3) is 32.2 Å². The molecular weight excluding hydrogens is 510 g/mol. The van der Waals surface area contributed by atoms with E-state index < -0.39 is 0 Å². The molecule has 2 aliphatic heterocycles. The van der Waals surface area contributed by atoms with Gasteiger partial charge in [-0.05, 0) is 61.6 Å². The van der Waals surface area contributed by atoms with E-state index in [9.17, 15) is 0 Å². The number of anilines is 2. The Hall–Kier alpha value is -3.60. The molecule has 1 N–H and O–H groups in total. The van der Waals surface area contributed by atoms with Gasteiger partial charge in [-0.2, -0.15) is 5.10 Å². The average molecular weight is 542 g/mol. The first-order valence-electron chi connectivity index (χ1n) is 13.6. The van der Waals surface area contributed by atoms with Crippen LogP contribution in [0.1, 0.15) is 25.7 Å². The molecule has 0 spiro atoms. The Morgan fingerprint density at radius 1 is 0.974 bits per heavy atom. The van der Waals surface area contributed by atoms with Crippen LogP contribution in [0.2, 0.25) is 0 Å². The van der Waals surface area contributed by atoms with Crippen LogP contribution in [0.5, 0.6) is 5.75 Å². The molecule has 0 unspecified atom stereocenters. The van der Waals surface area contributed by atoms with Crippen molar-refractivity contribution in [3.63, 3.8) is 0 Å². The van der Waals surface area contributed by atoms with Crippen molar-refractivity contribution in [3.05, 3.63) is 54.6 Å². The highest BCUT2D eigenvalue weighted by Gasteiger charge is 2.28. The van der Waals surface area contributed by atoms with Gasteiger partial charge < -0.3 is 14.8 Å². The maximum Gasteiger partial charge on any atom is 0.145 e. The molecular formula is C29H31N7O2S. The van der Waals surface area contributed by atoms with Gasteiger partial charge in [-0.1, -0.05) is 0 Å². The lowest BCUT2D eigenvalue weighted by atomic mass is 10.0. The van der Waals surface area contributed by atoms with Crippen LogP contribution >= 0.6 is 11.3 Å². The standard InChI is InChI=1S/C29H31N7O2S/c1-35-16-20(15-33-35)19-12-25-28(29(31-17-30-25)34-21-2-3-24-27(14-21)39-18-32-24)26(13-19)38-23-4-8-36(9-5-23)22-6-10-37-11-7-22/h2-3,12-18,22-23H,4-11H2,1H3,(H,30,31,34). The summed E-state index contributed by atoms with van der Waals surface area (Å²) in [6.07, 6.45) is 9.88. The largest absolute Gasteiger partial charge is 0.489 e. The van der Waals surface area contributed by atoms with E-state index in [1.165, 1.54) is 0 Å². The van der Waals surface area contributed by atoms with E-state index in [0.717, 1.165) is 101 Å². The van der Waals surface area contributed by atoms with Crippen molar-refractivity contribution in [2.24, 2.45) is 7.05 Å². The van der Waals surface area contributed by atoms with E-state index in [1.807, 2.05) is 41.8 Å². The van der Waals surface area contributed by atoms with Crippen molar-refractivity contribution < 1.29 is 9.47 Å². The van der Waals surface area contributed by atoms with Gasteiger partial charge in [0.2, 0.25) is 0 Å². The smallest absolute Gasteiger partial charge is 0.145 e. The lowest BCUT2D eigenvalue weighted by Crippen LogP contribution is -2.46. The Balaban J connectivity index is 1.21. The Kier molecular flexibility index (Phi) is 6.59. The number of aryl methyl sites for hydroxylation is 1. The summed E-state index contributed by atoms with van der Waals surface area (Å²) in [5, 5.41) is 8.80. The molecule has 10 heteroatoms. The second kappa shape index (κ2) is 10.5. The van der Waals surface area contributed by atoms with Crippen LogP contribution in [0.3, 0.4) is 0 Å². The lowest BCUT2D eigenvalue weighted by molar-refractivity contribution is 0.0103. The second-order valence-corrected chi connectivity index (χ2v) is 11.2. The van der Waals surface area contributed by atoms with Crippen LogP contribution in [0, 0.1) is 0 Å². The fourth-order valence-corrected chi connectivity index (χ4v) is 6.45. The number of benzene rings is 2. The molecule has 5 heterocycles. The van der Waals surface area contributed by atoms with Gasteiger partial charge in [-0.15, -0.1) is 11.3 Å². The zero-order chi connectivity index (χ0) is 26.2. The minimum atomic E-state index is 0.134. The van der Waals surface area contributed by atoms with Crippen molar-refractivity contribution in [2.45, 2.75) is 37.8 Å². The summed E-state index contributed by atoms with van der Waals surface area (Å²) in [7, 11) is 1.93. The predicted octanol–water partition coefficient (Wildman–Crippen LogP) is 5.41. The van der Waals surface area contributed by atoms with Crippen molar-refractivity contribution in [2.75, 3.05) is 31.6 Å². The van der Waals surface area contributed by atoms with Gasteiger partial charge in [0.05, 0.1) is 32.8 Å². The number of hydrogen-bond donors (Lipinski definition) is 1. The number of ether oxygens (including phenoxy) is 2. The Morgan fingerprint density at radius 2 is 1.85 bits per heavy atom. The molecule has 0 amide bonds. The van der Waals surface area contributed by atoms with E-state index in [4.69, 9.17) is 9.47 Å². The lowest BCUT2D eigenvalue weighted by Gasteiger charge is -2.39. The summed E-state index contributed by atoms with van der Waals surface area (Å²) in [5.41, 5.74) is 6.72. The minimum Gasteiger partial charge on any atom is -0.489 e. The van der Waals surface area contributed by atoms with E-state index in [-0.39, 0.29) is 6.10 Å². The summed E-state index contributed by atoms with van der Waals surface area (Å²) in [5.74, 6) is 1.54. The van der Waals surface area contributed by atoms with Crippen LogP contribution in [-0.2, 0) is 11.8 Å². The molecule has 200 valence electrons. The number of nitrogens with zero attached hydrogens (tertiary/aromatic N) is 6. The molecule has 7 rings (SSSR count). The quantitative estimate of drug-likeness (QED) is 0.305. The SMILES string of the molecule is Cn1cc(-c2cc(OC3CCN(C4CCOCC4)CC3)c3c(Nc4ccc5ncsc5c4)ncnc3c2)cn1. The number of rotatable bonds is 6. The summed E-state index contributed by atoms with van der Waals surface area (Å²) < 4.78 is 15.3. The first-order chi connectivity index (χ1) is 19.2. The molecule has 2 fully saturated rings. The molecule has 2 aromatic carbocycles. The summed E-state index contributed by atoms with van der Waals surface area (Å²) in [6, 6.07) is 11.0. The summed E-state index contributed by atoms with van der Waals surface area (Å²) >= 11 is 1.63. The van der Waals surface area contributed by atoms with E-state index in [0.29, 0.717) is 6.04 Å². The Labute approximate surface area is 230 Å². The van der Waals surface area contributed by atoms with Crippen molar-refractivity contribution in [1.29, 1.82) is 0 Å². The highest BCUT2D eigenvalue weighted by Crippen LogP contribution is 2.38. The molecule has 2 aliphatic rings. The third kappa shape index (κ3) is 5.07. The van der Waals surface area contributed by atoms with Crippen molar-refractivity contribution in [3.8, 4) is 16.9 Å². The first-order valence-corrected chi connectivity index (χ1v) is 14.4. The molecule has 0 atom stereocenters. The molecule has 0 saturated carbocycles. The molecule has 3 aromatic heterocycles. The number of aromatic nitrogens is 5. The zero-order valence-electron chi connectivity index (χ0n) is 21.9. The highest BCUT2D eigenvalue weighted by molar-refractivity contribution is 7.16. The van der Waals surface area contributed by atoms with Crippen LogP contribution in [0.15, 0.2) is 54.6 Å². The van der Waals surface area contributed by atoms with Gasteiger partial charge in [0.25, 0.3) is 0 Å². The zero-order valence-corrected chi connectivity index (χ0v) is 22.7. The van der Waals surface area contributed by atoms with Gasteiger partial charge in [-0.3, -0.25) is 9.58 Å². The molecule has 5 aromatic rings. The molecule has 2 saturated heterocycles. The normalized spacial score (nSPS) is 17.7. The van der Waals surface area contributed by atoms with Crippen LogP contribution < -0.4 is 10.1 Å². The topological polar surface area (TPSA) is 90.2 Å². The third-order valence-corrected chi connectivity index (χ3v) is 8.60. The van der Waals surface area contributed by atoms with Crippen LogP contribution in [0.4, 0.5) is 11.5 Å². The minimum absolute atomic E-state index is 0.134. The van der Waals surface area contributed by atoms with Gasteiger partial charge in [0.15, 0.2) is 0 Å². The fourth-order valence-electron chi connectivity index (χ4n) is 5.74. The summed E-state index contributed by atoms with van der Waals surface area (Å²) in [4.78, 5) is 16.3. The predicted molar refractivity (Wildman–Crippen MR) is 154 cm³/mol. The Bertz CT molecular complexity index is 1600. The van der Waals surface area contributed by atoms with Gasteiger partial charge in [0, 0.05) is 56.8 Å². The number of thiazole rings is 1. The highest BCUT2D eigenvalue weighted by atomic mass is 32.1. The third-order valence-electron chi connectivity index (χ3n) is 7.81. The Morgan fingerprint density at radius 3 is 2.67 bits per heavy atom. The average Bonchev–Trinajstić information content (AvgIpc) is 3.62. The van der Waals surface area contributed by atoms with E-state index in [1.54, 1.807) is 17.7 Å². The van der Waals surface area contributed by atoms with Crippen molar-refractivity contribution >= 4 is 44.0 Å². The molecule has 39 heavy (non-hydrogen) atoms. The summed E-state index contributed by atoms with van der Waals surface area (Å²) in [6.45, 7) is 3.85. The van der Waals surface area contributed by atoms with Gasteiger partial charge >= 0.3 is 0 Å². The molecule has 9 nitrogen and oxygen atoms in total. The van der Waals surface area contributed by atoms with Crippen LogP contribution in [-0.4, -0.2) is 68.1 Å². The van der Waals surface area contributed by atoms with E-state index >= 15 is 0 Å². The number of nitrogens with one attached hydrogen (secondary N) is 1. The fraction of sp³-hybridized carbons (Fsp3) is 0.379. The van der Waals surface area contributed by atoms with Crippen molar-refractivity contribution in [1.82, 2.24) is 29.6 Å². The first kappa shape index (κ1) is 24.4. The monoisotopic (exact) mass is 541 g/mol. The maximum atomic E-state index is 6.80. The second-order valence-electron chi connectivity index (χ2n) is 10.4. The number of hydrogen-bond acceptors (Lipinski definition) is 9. The number of fused-ring (bicyclic) bond motifs is 2. The molecule has 0 radical (unpaired) electrons.